The first-order valence-electron chi connectivity index (χ1n) is 7.46. The molecule has 0 unspecified atom stereocenters. The van der Waals surface area contributed by atoms with Crippen LogP contribution in [0.15, 0.2) is 29.2 Å². The lowest BCUT2D eigenvalue weighted by molar-refractivity contribution is -0.133. The number of carboxylic acids is 1. The summed E-state index contributed by atoms with van der Waals surface area (Å²) in [5, 5.41) is 11.2. The molecule has 0 aromatic heterocycles. The Bertz CT molecular complexity index is 655. The van der Waals surface area contributed by atoms with Gasteiger partial charge in [-0.1, -0.05) is 26.0 Å². The number of benzene rings is 1. The van der Waals surface area contributed by atoms with Crippen LogP contribution in [0.5, 0.6) is 0 Å². The van der Waals surface area contributed by atoms with Crippen molar-refractivity contribution in [3.8, 4) is 0 Å². The van der Waals surface area contributed by atoms with Crippen LogP contribution in [-0.4, -0.2) is 54.3 Å². The highest BCUT2D eigenvalue weighted by Gasteiger charge is 2.21. The Kier molecular flexibility index (Phi) is 8.23. The Labute approximate surface area is 146 Å². The molecule has 0 fully saturated rings. The van der Waals surface area contributed by atoms with Crippen LogP contribution in [0, 0.1) is 0 Å². The molecule has 7 nitrogen and oxygen atoms in total. The van der Waals surface area contributed by atoms with Gasteiger partial charge in [0.25, 0.3) is 0 Å². The molecule has 9 heteroatoms. The normalized spacial score (nSPS) is 11.5. The molecule has 0 aliphatic rings. The minimum Gasteiger partial charge on any atom is -0.481 e. The molecule has 24 heavy (non-hydrogen) atoms. The molecule has 0 saturated heterocycles. The molecule has 0 bridgehead atoms. The Morgan fingerprint density at radius 2 is 1.71 bits per heavy atom. The molecule has 0 aliphatic carbocycles. The van der Waals surface area contributed by atoms with Gasteiger partial charge in [-0.05, 0) is 17.7 Å². The molecule has 0 saturated carbocycles. The van der Waals surface area contributed by atoms with Gasteiger partial charge in [0.1, 0.15) is 0 Å². The maximum Gasteiger partial charge on any atom is 0.313 e. The maximum atomic E-state index is 12.4. The fraction of sp³-hybridized carbons (Fsp3) is 0.467. The van der Waals surface area contributed by atoms with E-state index >= 15 is 0 Å². The Hall–Kier alpha value is -1.58. The smallest absolute Gasteiger partial charge is 0.313 e. The monoisotopic (exact) mass is 374 g/mol. The van der Waals surface area contributed by atoms with E-state index in [-0.39, 0.29) is 28.9 Å². The topological polar surface area (TPSA) is 104 Å². The van der Waals surface area contributed by atoms with Crippen molar-refractivity contribution in [3.63, 3.8) is 0 Å². The summed E-state index contributed by atoms with van der Waals surface area (Å²) in [6.45, 7) is 4.65. The standard InChI is InChI=1S/C15H22N2O5S2/c1-3-17(4-2)24(21,22)13-7-5-12(6-8-13)9-16-14(18)10-23-11-15(19)20/h5-8H,3-4,9-11H2,1-2H3,(H,16,18)(H,19,20). The fourth-order valence-corrected chi connectivity index (χ4v) is 4.00. The van der Waals surface area contributed by atoms with Crippen LogP contribution < -0.4 is 5.32 Å². The van der Waals surface area contributed by atoms with Crippen LogP contribution in [0.4, 0.5) is 0 Å². The number of thioether (sulfide) groups is 1. The van der Waals surface area contributed by atoms with Gasteiger partial charge in [-0.3, -0.25) is 9.59 Å². The van der Waals surface area contributed by atoms with Gasteiger partial charge in [-0.2, -0.15) is 4.31 Å². The third kappa shape index (κ3) is 6.14. The van der Waals surface area contributed by atoms with Crippen molar-refractivity contribution in [3.05, 3.63) is 29.8 Å². The van der Waals surface area contributed by atoms with Gasteiger partial charge in [0, 0.05) is 19.6 Å². The molecule has 0 atom stereocenters. The SMILES string of the molecule is CCN(CC)S(=O)(=O)c1ccc(CNC(=O)CSCC(=O)O)cc1. The quantitative estimate of drug-likeness (QED) is 0.637. The number of aliphatic carboxylic acids is 1. The highest BCUT2D eigenvalue weighted by atomic mass is 32.2. The summed E-state index contributed by atoms with van der Waals surface area (Å²) < 4.78 is 26.1. The summed E-state index contributed by atoms with van der Waals surface area (Å²) in [6.07, 6.45) is 0. The fourth-order valence-electron chi connectivity index (χ4n) is 1.97. The summed E-state index contributed by atoms with van der Waals surface area (Å²) in [7, 11) is -3.48. The molecule has 1 aromatic carbocycles. The second kappa shape index (κ2) is 9.65. The van der Waals surface area contributed by atoms with Crippen molar-refractivity contribution >= 4 is 33.7 Å². The zero-order valence-corrected chi connectivity index (χ0v) is 15.3. The molecule has 2 N–H and O–H groups in total. The Morgan fingerprint density at radius 1 is 1.12 bits per heavy atom. The van der Waals surface area contributed by atoms with Crippen LogP contribution >= 0.6 is 11.8 Å². The van der Waals surface area contributed by atoms with Crippen molar-refractivity contribution in [2.75, 3.05) is 24.6 Å². The number of carbonyl (C=O) groups excluding carboxylic acids is 1. The van der Waals surface area contributed by atoms with E-state index in [1.54, 1.807) is 26.0 Å². The maximum absolute atomic E-state index is 12.4. The molecule has 0 heterocycles. The van der Waals surface area contributed by atoms with Crippen molar-refractivity contribution < 1.29 is 23.1 Å². The number of nitrogens with zero attached hydrogens (tertiary/aromatic N) is 1. The number of carbonyl (C=O) groups is 2. The molecule has 1 aromatic rings. The zero-order chi connectivity index (χ0) is 18.2. The summed E-state index contributed by atoms with van der Waals surface area (Å²) in [4.78, 5) is 22.1. The van der Waals surface area contributed by atoms with E-state index in [9.17, 15) is 18.0 Å². The van der Waals surface area contributed by atoms with Crippen LogP contribution in [-0.2, 0) is 26.2 Å². The second-order valence-electron chi connectivity index (χ2n) is 4.90. The highest BCUT2D eigenvalue weighted by Crippen LogP contribution is 2.16. The van der Waals surface area contributed by atoms with Crippen molar-refractivity contribution in [1.29, 1.82) is 0 Å². The van der Waals surface area contributed by atoms with Crippen LogP contribution in [0.1, 0.15) is 19.4 Å². The largest absolute Gasteiger partial charge is 0.481 e. The first kappa shape index (κ1) is 20.5. The van der Waals surface area contributed by atoms with Crippen LogP contribution in [0.2, 0.25) is 0 Å². The summed E-state index contributed by atoms with van der Waals surface area (Å²) in [5.41, 5.74) is 0.769. The second-order valence-corrected chi connectivity index (χ2v) is 7.82. The zero-order valence-electron chi connectivity index (χ0n) is 13.7. The van der Waals surface area contributed by atoms with E-state index in [1.165, 1.54) is 16.4 Å². The summed E-state index contributed by atoms with van der Waals surface area (Å²) in [6, 6.07) is 6.35. The lowest BCUT2D eigenvalue weighted by Crippen LogP contribution is -2.30. The van der Waals surface area contributed by atoms with Gasteiger partial charge in [-0.25, -0.2) is 8.42 Å². The van der Waals surface area contributed by atoms with E-state index in [2.05, 4.69) is 5.32 Å². The molecule has 0 spiro atoms. The Morgan fingerprint density at radius 3 is 2.21 bits per heavy atom. The van der Waals surface area contributed by atoms with E-state index in [4.69, 9.17) is 5.11 Å². The number of sulfonamides is 1. The number of rotatable bonds is 10. The van der Waals surface area contributed by atoms with E-state index < -0.39 is 16.0 Å². The number of nitrogens with one attached hydrogen (secondary N) is 1. The summed E-state index contributed by atoms with van der Waals surface area (Å²) >= 11 is 1.02. The van der Waals surface area contributed by atoms with Gasteiger partial charge < -0.3 is 10.4 Å². The number of hydrogen-bond acceptors (Lipinski definition) is 5. The van der Waals surface area contributed by atoms with Crippen LogP contribution in [0.25, 0.3) is 0 Å². The molecule has 1 rings (SSSR count). The van der Waals surface area contributed by atoms with Gasteiger partial charge in [0.05, 0.1) is 16.4 Å². The lowest BCUT2D eigenvalue weighted by Gasteiger charge is -2.18. The molecule has 0 aliphatic heterocycles. The Balaban J connectivity index is 2.59. The first-order chi connectivity index (χ1) is 11.3. The van der Waals surface area contributed by atoms with Crippen molar-refractivity contribution in [1.82, 2.24) is 9.62 Å². The van der Waals surface area contributed by atoms with Crippen molar-refractivity contribution in [2.45, 2.75) is 25.3 Å². The average Bonchev–Trinajstić information content (AvgIpc) is 2.54. The van der Waals surface area contributed by atoms with E-state index in [0.29, 0.717) is 13.1 Å². The molecular weight excluding hydrogens is 352 g/mol. The van der Waals surface area contributed by atoms with Gasteiger partial charge in [0.2, 0.25) is 15.9 Å². The lowest BCUT2D eigenvalue weighted by atomic mass is 10.2. The summed E-state index contributed by atoms with van der Waals surface area (Å²) in [5.74, 6) is -1.27. The average molecular weight is 374 g/mol. The van der Waals surface area contributed by atoms with Gasteiger partial charge in [-0.15, -0.1) is 11.8 Å². The predicted octanol–water partition coefficient (Wildman–Crippen LogP) is 1.15. The number of amides is 1. The number of carboxylic acid groups (broad SMARTS) is 1. The third-order valence-corrected chi connectivity index (χ3v) is 6.20. The van der Waals surface area contributed by atoms with E-state index in [0.717, 1.165) is 17.3 Å². The van der Waals surface area contributed by atoms with E-state index in [1.807, 2.05) is 0 Å². The molecule has 134 valence electrons. The molecule has 0 radical (unpaired) electrons. The molecular formula is C15H22N2O5S2. The minimum atomic E-state index is -3.48. The van der Waals surface area contributed by atoms with Crippen LogP contribution in [0.3, 0.4) is 0 Å². The van der Waals surface area contributed by atoms with Gasteiger partial charge >= 0.3 is 5.97 Å². The third-order valence-electron chi connectivity index (χ3n) is 3.21. The first-order valence-corrected chi connectivity index (χ1v) is 10.1. The molecule has 1 amide bonds. The minimum absolute atomic E-state index is 0.0702. The van der Waals surface area contributed by atoms with Crippen molar-refractivity contribution in [2.24, 2.45) is 0 Å². The highest BCUT2D eigenvalue weighted by molar-refractivity contribution is 8.00. The van der Waals surface area contributed by atoms with Gasteiger partial charge in [0.15, 0.2) is 0 Å². The number of hydrogen-bond donors (Lipinski definition) is 2. The predicted molar refractivity (Wildman–Crippen MR) is 93.4 cm³/mol.